The van der Waals surface area contributed by atoms with Crippen molar-refractivity contribution >= 4 is 33.0 Å². The number of esters is 1. The number of nitrogens with one attached hydrogen (secondary N) is 1. The van der Waals surface area contributed by atoms with Crippen LogP contribution in [0, 0.1) is 29.6 Å². The molecular formula is C45H64N6O10S. The summed E-state index contributed by atoms with van der Waals surface area (Å²) in [5, 5.41) is 27.7. The van der Waals surface area contributed by atoms with Gasteiger partial charge in [0.1, 0.15) is 23.2 Å². The first-order valence-corrected chi connectivity index (χ1v) is 23.6. The fraction of sp³-hybridized carbons (Fsp3) is 0.622. The Morgan fingerprint density at radius 1 is 1.06 bits per heavy atom. The summed E-state index contributed by atoms with van der Waals surface area (Å²) < 4.78 is 42.7. The fourth-order valence-corrected chi connectivity index (χ4v) is 10.5. The molecule has 3 N–H and O–H groups in total. The average molecular weight is 881 g/mol. The normalized spacial score (nSPS) is 23.6. The molecule has 8 atom stereocenters. The van der Waals surface area contributed by atoms with Crippen molar-refractivity contribution in [3.8, 4) is 17.1 Å². The van der Waals surface area contributed by atoms with Gasteiger partial charge in [0.05, 0.1) is 47.3 Å². The number of aliphatic hydroxyl groups is 2. The van der Waals surface area contributed by atoms with Crippen molar-refractivity contribution in [1.82, 2.24) is 29.1 Å². The minimum absolute atomic E-state index is 0.0128. The van der Waals surface area contributed by atoms with E-state index in [0.717, 1.165) is 6.42 Å². The molecule has 0 amide bonds. The summed E-state index contributed by atoms with van der Waals surface area (Å²) in [5.41, 5.74) is 2.55. The number of nitrogens with zero attached hydrogens (tertiary/aromatic N) is 5. The molecule has 0 spiro atoms. The number of aromatic amines is 1. The first-order chi connectivity index (χ1) is 29.5. The van der Waals surface area contributed by atoms with Crippen LogP contribution in [0.4, 0.5) is 0 Å². The molecule has 1 fully saturated rings. The average Bonchev–Trinajstić information content (AvgIpc) is 3.55. The Hall–Kier alpha value is -4.42. The van der Waals surface area contributed by atoms with E-state index in [2.05, 4.69) is 42.2 Å². The van der Waals surface area contributed by atoms with Crippen LogP contribution in [0.5, 0.6) is 5.75 Å². The molecule has 3 aromatic rings. The maximum atomic E-state index is 14.0. The van der Waals surface area contributed by atoms with Crippen LogP contribution in [-0.4, -0.2) is 111 Å². The zero-order valence-corrected chi connectivity index (χ0v) is 37.9. The van der Waals surface area contributed by atoms with E-state index in [4.69, 9.17) is 19.3 Å². The van der Waals surface area contributed by atoms with Crippen LogP contribution < -0.4 is 10.3 Å². The highest BCUT2D eigenvalue weighted by atomic mass is 32.2. The summed E-state index contributed by atoms with van der Waals surface area (Å²) in [6.45, 7) is 12.4. The number of hydrogen-bond donors (Lipinski definition) is 3. The Morgan fingerprint density at radius 3 is 2.50 bits per heavy atom. The van der Waals surface area contributed by atoms with E-state index < -0.39 is 33.8 Å². The lowest BCUT2D eigenvalue weighted by molar-refractivity contribution is -0.197. The van der Waals surface area contributed by atoms with Crippen molar-refractivity contribution in [2.45, 2.75) is 116 Å². The van der Waals surface area contributed by atoms with Gasteiger partial charge in [0, 0.05) is 51.5 Å². The number of rotatable bonds is 18. The van der Waals surface area contributed by atoms with Gasteiger partial charge in [-0.1, -0.05) is 57.9 Å². The number of hydroxylamine groups is 2. The van der Waals surface area contributed by atoms with Gasteiger partial charge < -0.3 is 29.5 Å². The van der Waals surface area contributed by atoms with Crippen molar-refractivity contribution in [1.29, 1.82) is 0 Å². The zero-order chi connectivity index (χ0) is 44.9. The van der Waals surface area contributed by atoms with Crippen LogP contribution in [0.15, 0.2) is 51.7 Å². The van der Waals surface area contributed by atoms with Crippen molar-refractivity contribution < 1.29 is 42.5 Å². The van der Waals surface area contributed by atoms with Crippen LogP contribution >= 0.6 is 0 Å². The Balaban J connectivity index is 1.02. The molecule has 62 heavy (non-hydrogen) atoms. The maximum absolute atomic E-state index is 14.0. The second-order valence-corrected chi connectivity index (χ2v) is 19.1. The zero-order valence-electron chi connectivity index (χ0n) is 37.1. The van der Waals surface area contributed by atoms with E-state index in [9.17, 15) is 33.0 Å². The summed E-state index contributed by atoms with van der Waals surface area (Å²) in [6, 6.07) is 4.45. The number of aromatic nitrogens is 4. The molecule has 1 saturated heterocycles. The van der Waals surface area contributed by atoms with Crippen LogP contribution in [0.3, 0.4) is 0 Å². The lowest BCUT2D eigenvalue weighted by Gasteiger charge is -2.44. The quantitative estimate of drug-likeness (QED) is 0.113. The van der Waals surface area contributed by atoms with Gasteiger partial charge in [-0.05, 0) is 76.0 Å². The van der Waals surface area contributed by atoms with E-state index >= 15 is 0 Å². The van der Waals surface area contributed by atoms with Crippen molar-refractivity contribution in [3.63, 3.8) is 0 Å². The van der Waals surface area contributed by atoms with Gasteiger partial charge in [-0.3, -0.25) is 19.1 Å². The fourth-order valence-electron chi connectivity index (χ4n) is 9.10. The number of sulfonamides is 1. The third kappa shape index (κ3) is 10.7. The van der Waals surface area contributed by atoms with E-state index in [1.807, 2.05) is 20.8 Å². The van der Waals surface area contributed by atoms with E-state index in [-0.39, 0.29) is 91.4 Å². The SMILES string of the molecule is CCCc1nn(C)c2c(=O)[nH]c(-c3cc(S(=O)(=O)N4CCN(OC(=O)C[C@@H](O)CC(O)CCC5C6C(C=C[C@@H]5C)C=C(C)C[C@@H]6OC(=O)[C@@H](C)CC)CC4)ccc3OCC)nc12. The molecule has 3 heterocycles. The monoisotopic (exact) mass is 880 g/mol. The topological polar surface area (TPSA) is 206 Å². The van der Waals surface area contributed by atoms with Crippen molar-refractivity contribution in [3.05, 3.63) is 58.0 Å². The number of allylic oxidation sites excluding steroid dienone is 3. The predicted molar refractivity (Wildman–Crippen MR) is 233 cm³/mol. The molecule has 17 heteroatoms. The molecule has 0 radical (unpaired) electrons. The van der Waals surface area contributed by atoms with Crippen LogP contribution in [0.1, 0.15) is 92.2 Å². The smallest absolute Gasteiger partial charge is 0.327 e. The highest BCUT2D eigenvalue weighted by molar-refractivity contribution is 7.89. The number of carbonyl (C=O) groups is 2. The molecule has 2 aliphatic carbocycles. The van der Waals surface area contributed by atoms with Gasteiger partial charge in [-0.2, -0.15) is 9.40 Å². The van der Waals surface area contributed by atoms with Gasteiger partial charge in [-0.25, -0.2) is 13.4 Å². The molecule has 3 aliphatic rings. The first-order valence-electron chi connectivity index (χ1n) is 22.2. The Morgan fingerprint density at radius 2 is 1.81 bits per heavy atom. The second-order valence-electron chi connectivity index (χ2n) is 17.2. The highest BCUT2D eigenvalue weighted by Crippen LogP contribution is 2.45. The van der Waals surface area contributed by atoms with E-state index in [1.54, 1.807) is 20.0 Å². The second kappa shape index (κ2) is 20.4. The Labute approximate surface area is 364 Å². The molecule has 0 saturated carbocycles. The number of fused-ring (bicyclic) bond motifs is 2. The maximum Gasteiger partial charge on any atom is 0.327 e. The third-order valence-electron chi connectivity index (χ3n) is 12.6. The Bertz CT molecular complexity index is 2300. The van der Waals surface area contributed by atoms with Crippen LogP contribution in [-0.2, 0) is 42.7 Å². The van der Waals surface area contributed by atoms with E-state index in [1.165, 1.54) is 31.8 Å². The number of carbonyl (C=O) groups excluding carboxylic acids is 2. The standard InChI is InChI=1S/C45H64N6O10S/c1-8-11-36-41-42(49(7)48-36)44(55)47-43(46-41)35-26-33(15-17-37(35)59-10-3)62(57,58)51-20-18-50(19-21-51)61-39(54)25-32(53)24-31(52)14-16-34-29(6)12-13-30-22-27(4)23-38(40(30)34)60-45(56)28(5)9-2/h12-13,15,17,22,26,28-32,34,38,40,52-53H,8-11,14,16,18-21,23-25H2,1-7H3,(H,46,47,55)/t28-,29-,30?,31?,32-,34?,38-,40?/m0/s1. The summed E-state index contributed by atoms with van der Waals surface area (Å²) in [4.78, 5) is 52.0. The van der Waals surface area contributed by atoms with Gasteiger partial charge in [0.2, 0.25) is 10.0 Å². The van der Waals surface area contributed by atoms with Gasteiger partial charge >= 0.3 is 11.9 Å². The number of hydrogen-bond acceptors (Lipinski definition) is 13. The largest absolute Gasteiger partial charge is 0.493 e. The summed E-state index contributed by atoms with van der Waals surface area (Å²) in [5.74, 6) is 0.0789. The minimum atomic E-state index is -4.04. The van der Waals surface area contributed by atoms with E-state index in [0.29, 0.717) is 66.8 Å². The molecule has 340 valence electrons. The molecular weight excluding hydrogens is 817 g/mol. The van der Waals surface area contributed by atoms with Crippen LogP contribution in [0.2, 0.25) is 0 Å². The molecule has 2 aromatic heterocycles. The predicted octanol–water partition coefficient (Wildman–Crippen LogP) is 5.08. The number of aryl methyl sites for hydroxylation is 2. The van der Waals surface area contributed by atoms with Crippen LogP contribution in [0.25, 0.3) is 22.4 Å². The van der Waals surface area contributed by atoms with Gasteiger partial charge in [0.25, 0.3) is 5.56 Å². The minimum Gasteiger partial charge on any atom is -0.493 e. The summed E-state index contributed by atoms with van der Waals surface area (Å²) in [7, 11) is -2.35. The highest BCUT2D eigenvalue weighted by Gasteiger charge is 2.43. The summed E-state index contributed by atoms with van der Waals surface area (Å²) >= 11 is 0. The van der Waals surface area contributed by atoms with Crippen molar-refractivity contribution in [2.75, 3.05) is 32.8 Å². The first kappa shape index (κ1) is 47.1. The molecule has 1 aromatic carbocycles. The van der Waals surface area contributed by atoms with Gasteiger partial charge in [-0.15, -0.1) is 5.06 Å². The third-order valence-corrected chi connectivity index (χ3v) is 14.5. The van der Waals surface area contributed by atoms with Gasteiger partial charge in [0.15, 0.2) is 5.52 Å². The number of benzene rings is 1. The summed E-state index contributed by atoms with van der Waals surface area (Å²) in [6.07, 6.45) is 7.95. The lowest BCUT2D eigenvalue weighted by Crippen LogP contribution is -2.49. The number of aliphatic hydroxyl groups excluding tert-OH is 2. The van der Waals surface area contributed by atoms with Crippen molar-refractivity contribution in [2.24, 2.45) is 36.6 Å². The molecule has 0 bridgehead atoms. The molecule has 1 aliphatic heterocycles. The number of H-pyrrole nitrogens is 1. The molecule has 6 rings (SSSR count). The Kier molecular flexibility index (Phi) is 15.5. The molecule has 16 nitrogen and oxygen atoms in total. The number of ether oxygens (including phenoxy) is 2. The lowest BCUT2D eigenvalue weighted by atomic mass is 9.63. The number of piperazine rings is 1. The molecule has 4 unspecified atom stereocenters.